The fourth-order valence-corrected chi connectivity index (χ4v) is 4.26. The number of thiocarbonyl (C=S) groups is 1. The zero-order chi connectivity index (χ0) is 13.9. The molecule has 0 bridgehead atoms. The van der Waals surface area contributed by atoms with Crippen LogP contribution in [0.5, 0.6) is 0 Å². The molecule has 1 heterocycles. The van der Waals surface area contributed by atoms with Crippen LogP contribution < -0.4 is 5.32 Å². The van der Waals surface area contributed by atoms with Gasteiger partial charge >= 0.3 is 0 Å². The average Bonchev–Trinajstić information content (AvgIpc) is 2.76. The molecule has 2 rings (SSSR count). The summed E-state index contributed by atoms with van der Waals surface area (Å²) in [6.07, 6.45) is 0.650. The maximum atomic E-state index is 11.6. The monoisotopic (exact) mass is 298 g/mol. The molecule has 1 atom stereocenters. The fourth-order valence-electron chi connectivity index (χ4n) is 2.31. The quantitative estimate of drug-likeness (QED) is 0.849. The summed E-state index contributed by atoms with van der Waals surface area (Å²) in [4.78, 5) is 1.98. The Morgan fingerprint density at radius 3 is 2.63 bits per heavy atom. The molecule has 1 aromatic rings. The average molecular weight is 298 g/mol. The summed E-state index contributed by atoms with van der Waals surface area (Å²) in [6, 6.07) is 9.93. The molecule has 0 aromatic heterocycles. The highest BCUT2D eigenvalue weighted by molar-refractivity contribution is 7.91. The maximum Gasteiger partial charge on any atom is 0.169 e. The zero-order valence-electron chi connectivity index (χ0n) is 10.9. The van der Waals surface area contributed by atoms with Gasteiger partial charge in [0.2, 0.25) is 0 Å². The zero-order valence-corrected chi connectivity index (χ0v) is 12.5. The highest BCUT2D eigenvalue weighted by atomic mass is 32.2. The predicted molar refractivity (Wildman–Crippen MR) is 80.7 cm³/mol. The number of nitrogens with one attached hydrogen (secondary N) is 1. The molecule has 4 nitrogen and oxygen atoms in total. The number of sulfone groups is 1. The van der Waals surface area contributed by atoms with E-state index in [9.17, 15) is 8.42 Å². The molecule has 19 heavy (non-hydrogen) atoms. The van der Waals surface area contributed by atoms with E-state index in [-0.39, 0.29) is 17.5 Å². The van der Waals surface area contributed by atoms with Gasteiger partial charge < -0.3 is 10.2 Å². The molecular weight excluding hydrogens is 280 g/mol. The summed E-state index contributed by atoms with van der Waals surface area (Å²) < 4.78 is 23.2. The Morgan fingerprint density at radius 2 is 2.11 bits per heavy atom. The Hall–Kier alpha value is -1.14. The molecule has 0 spiro atoms. The van der Waals surface area contributed by atoms with E-state index < -0.39 is 9.84 Å². The van der Waals surface area contributed by atoms with Crippen molar-refractivity contribution in [3.05, 3.63) is 35.9 Å². The van der Waals surface area contributed by atoms with E-state index in [1.807, 2.05) is 35.2 Å². The van der Waals surface area contributed by atoms with Crippen molar-refractivity contribution in [3.8, 4) is 0 Å². The van der Waals surface area contributed by atoms with Crippen molar-refractivity contribution >= 4 is 27.2 Å². The second-order valence-corrected chi connectivity index (χ2v) is 7.34. The number of nitrogens with zero attached hydrogens (tertiary/aromatic N) is 1. The van der Waals surface area contributed by atoms with Gasteiger partial charge in [-0.2, -0.15) is 0 Å². The van der Waals surface area contributed by atoms with Gasteiger partial charge in [-0.15, -0.1) is 0 Å². The van der Waals surface area contributed by atoms with Crippen LogP contribution in [0.15, 0.2) is 30.3 Å². The first-order chi connectivity index (χ1) is 9.02. The Morgan fingerprint density at radius 1 is 1.42 bits per heavy atom. The van der Waals surface area contributed by atoms with E-state index in [0.29, 0.717) is 18.1 Å². The Bertz CT molecular complexity index is 543. The first-order valence-corrected chi connectivity index (χ1v) is 8.47. The molecule has 0 unspecified atom stereocenters. The lowest BCUT2D eigenvalue weighted by molar-refractivity contribution is 0.325. The second kappa shape index (κ2) is 5.88. The number of rotatable bonds is 3. The first-order valence-electron chi connectivity index (χ1n) is 6.24. The summed E-state index contributed by atoms with van der Waals surface area (Å²) in [5, 5.41) is 3.55. The van der Waals surface area contributed by atoms with Gasteiger partial charge in [0.1, 0.15) is 0 Å². The first kappa shape index (κ1) is 14.3. The standard InChI is InChI=1S/C13H18N2O2S2/c1-14-13(18)15(9-11-5-3-2-4-6-11)12-7-8-19(16,17)10-12/h2-6,12H,7-10H2,1H3,(H,14,18)/t12-/m0/s1. The summed E-state index contributed by atoms with van der Waals surface area (Å²) in [5.41, 5.74) is 1.13. The minimum Gasteiger partial charge on any atom is -0.366 e. The second-order valence-electron chi connectivity index (χ2n) is 4.73. The Kier molecular flexibility index (Phi) is 4.42. The lowest BCUT2D eigenvalue weighted by atomic mass is 10.1. The third-order valence-corrected chi connectivity index (χ3v) is 5.51. The largest absolute Gasteiger partial charge is 0.366 e. The molecule has 1 N–H and O–H groups in total. The number of benzene rings is 1. The molecule has 0 amide bonds. The topological polar surface area (TPSA) is 49.4 Å². The van der Waals surface area contributed by atoms with Gasteiger partial charge in [-0.3, -0.25) is 0 Å². The Balaban J connectivity index is 2.15. The van der Waals surface area contributed by atoms with Crippen LogP contribution in [-0.4, -0.2) is 43.0 Å². The molecule has 1 fully saturated rings. The molecule has 104 valence electrons. The van der Waals surface area contributed by atoms with E-state index in [0.717, 1.165) is 5.56 Å². The summed E-state index contributed by atoms with van der Waals surface area (Å²) in [7, 11) is -1.14. The highest BCUT2D eigenvalue weighted by Gasteiger charge is 2.33. The Labute approximate surface area is 119 Å². The molecule has 1 aliphatic heterocycles. The van der Waals surface area contributed by atoms with Crippen molar-refractivity contribution in [2.24, 2.45) is 0 Å². The van der Waals surface area contributed by atoms with Crippen LogP contribution >= 0.6 is 12.2 Å². The van der Waals surface area contributed by atoms with Gasteiger partial charge in [0, 0.05) is 19.6 Å². The van der Waals surface area contributed by atoms with Crippen LogP contribution in [0.2, 0.25) is 0 Å². The van der Waals surface area contributed by atoms with Crippen LogP contribution in [0.1, 0.15) is 12.0 Å². The van der Waals surface area contributed by atoms with Gasteiger partial charge in [-0.1, -0.05) is 30.3 Å². The predicted octanol–water partition coefficient (Wildman–Crippen LogP) is 1.18. The summed E-state index contributed by atoms with van der Waals surface area (Å²) >= 11 is 5.31. The van der Waals surface area contributed by atoms with E-state index in [1.165, 1.54) is 0 Å². The molecule has 0 saturated carbocycles. The van der Waals surface area contributed by atoms with Gasteiger partial charge in [0.25, 0.3) is 0 Å². The minimum absolute atomic E-state index is 0.0230. The number of hydrogen-bond donors (Lipinski definition) is 1. The van der Waals surface area contributed by atoms with Crippen molar-refractivity contribution in [1.29, 1.82) is 0 Å². The third kappa shape index (κ3) is 3.67. The van der Waals surface area contributed by atoms with Crippen molar-refractivity contribution in [3.63, 3.8) is 0 Å². The molecular formula is C13H18N2O2S2. The molecule has 0 aliphatic carbocycles. The molecule has 0 radical (unpaired) electrons. The smallest absolute Gasteiger partial charge is 0.169 e. The van der Waals surface area contributed by atoms with Crippen molar-refractivity contribution in [2.75, 3.05) is 18.6 Å². The van der Waals surface area contributed by atoms with E-state index >= 15 is 0 Å². The number of hydrogen-bond acceptors (Lipinski definition) is 3. The van der Waals surface area contributed by atoms with Crippen molar-refractivity contribution in [1.82, 2.24) is 10.2 Å². The van der Waals surface area contributed by atoms with Gasteiger partial charge in [0.05, 0.1) is 11.5 Å². The molecule has 1 aliphatic rings. The SMILES string of the molecule is CNC(=S)N(Cc1ccccc1)[C@H]1CCS(=O)(=O)C1. The van der Waals surface area contributed by atoms with E-state index in [1.54, 1.807) is 7.05 Å². The highest BCUT2D eigenvalue weighted by Crippen LogP contribution is 2.20. The van der Waals surface area contributed by atoms with Gasteiger partial charge in [0.15, 0.2) is 14.9 Å². The molecule has 1 saturated heterocycles. The summed E-state index contributed by atoms with van der Waals surface area (Å²) in [6.45, 7) is 0.640. The van der Waals surface area contributed by atoms with Crippen LogP contribution in [0.25, 0.3) is 0 Å². The third-order valence-electron chi connectivity index (χ3n) is 3.32. The van der Waals surface area contributed by atoms with Gasteiger partial charge in [-0.25, -0.2) is 8.42 Å². The normalized spacial score (nSPS) is 21.0. The molecule has 6 heteroatoms. The van der Waals surface area contributed by atoms with Gasteiger partial charge in [-0.05, 0) is 24.2 Å². The van der Waals surface area contributed by atoms with Crippen LogP contribution in [0.3, 0.4) is 0 Å². The fraction of sp³-hybridized carbons (Fsp3) is 0.462. The van der Waals surface area contributed by atoms with E-state index in [2.05, 4.69) is 5.32 Å². The van der Waals surface area contributed by atoms with Crippen LogP contribution in [0.4, 0.5) is 0 Å². The van der Waals surface area contributed by atoms with E-state index in [4.69, 9.17) is 12.2 Å². The van der Waals surface area contributed by atoms with Crippen molar-refractivity contribution < 1.29 is 8.42 Å². The van der Waals surface area contributed by atoms with Crippen molar-refractivity contribution in [2.45, 2.75) is 19.0 Å². The maximum absolute atomic E-state index is 11.6. The van der Waals surface area contributed by atoms with Crippen LogP contribution in [-0.2, 0) is 16.4 Å². The lowest BCUT2D eigenvalue weighted by Gasteiger charge is -2.30. The lowest BCUT2D eigenvalue weighted by Crippen LogP contribution is -2.44. The summed E-state index contributed by atoms with van der Waals surface area (Å²) in [5.74, 6) is 0.455. The molecule has 1 aromatic carbocycles. The van der Waals surface area contributed by atoms with Crippen LogP contribution in [0, 0.1) is 0 Å². The minimum atomic E-state index is -2.90.